The van der Waals surface area contributed by atoms with Gasteiger partial charge in [-0.3, -0.25) is 4.79 Å². The molecule has 108 valence electrons. The van der Waals surface area contributed by atoms with Crippen LogP contribution in [0.1, 0.15) is 22.5 Å². The Bertz CT molecular complexity index is 602. The fourth-order valence-corrected chi connectivity index (χ4v) is 2.42. The molecule has 0 radical (unpaired) electrons. The summed E-state index contributed by atoms with van der Waals surface area (Å²) in [5.41, 5.74) is 2.68. The number of pyridine rings is 1. The van der Waals surface area contributed by atoms with Crippen LogP contribution in [0.5, 0.6) is 0 Å². The maximum absolute atomic E-state index is 12.4. The van der Waals surface area contributed by atoms with Crippen molar-refractivity contribution in [2.75, 3.05) is 26.2 Å². The Morgan fingerprint density at radius 1 is 1.30 bits per heavy atom. The molecule has 0 aliphatic carbocycles. The van der Waals surface area contributed by atoms with Crippen molar-refractivity contribution in [1.82, 2.24) is 19.8 Å². The number of aromatic nitrogens is 2. The van der Waals surface area contributed by atoms with Gasteiger partial charge in [0.05, 0.1) is 5.52 Å². The summed E-state index contributed by atoms with van der Waals surface area (Å²) in [6, 6.07) is 5.89. The largest absolute Gasteiger partial charge is 0.336 e. The second kappa shape index (κ2) is 6.24. The zero-order valence-corrected chi connectivity index (χ0v) is 12.3. The minimum absolute atomic E-state index is 0. The smallest absolute Gasteiger partial charge is 0.274 e. The van der Waals surface area contributed by atoms with Gasteiger partial charge in [0.1, 0.15) is 0 Å². The van der Waals surface area contributed by atoms with E-state index < -0.39 is 0 Å². The Hall–Kier alpha value is -1.59. The number of nitrogens with one attached hydrogen (secondary N) is 1. The average Bonchev–Trinajstić information content (AvgIpc) is 2.64. The van der Waals surface area contributed by atoms with E-state index in [1.807, 2.05) is 36.2 Å². The summed E-state index contributed by atoms with van der Waals surface area (Å²) < 4.78 is 1.76. The number of halogens is 1. The van der Waals surface area contributed by atoms with Crippen molar-refractivity contribution in [2.45, 2.75) is 13.3 Å². The number of aryl methyl sites for hydroxylation is 1. The van der Waals surface area contributed by atoms with Gasteiger partial charge >= 0.3 is 0 Å². The first-order valence-corrected chi connectivity index (χ1v) is 6.70. The highest BCUT2D eigenvalue weighted by Crippen LogP contribution is 2.11. The van der Waals surface area contributed by atoms with Crippen LogP contribution >= 0.6 is 12.4 Å². The lowest BCUT2D eigenvalue weighted by atomic mass is 10.2. The third-order valence-corrected chi connectivity index (χ3v) is 3.47. The molecule has 1 fully saturated rings. The molecule has 1 amide bonds. The van der Waals surface area contributed by atoms with Gasteiger partial charge in [0.15, 0.2) is 5.69 Å². The summed E-state index contributed by atoms with van der Waals surface area (Å²) in [6.45, 7) is 5.44. The molecule has 1 saturated heterocycles. The third kappa shape index (κ3) is 2.94. The lowest BCUT2D eigenvalue weighted by Gasteiger charge is -2.18. The molecule has 5 nitrogen and oxygen atoms in total. The SMILES string of the molecule is Cc1ccn2nc(C(=O)N3CCCNCC3)cc2c1.Cl. The quantitative estimate of drug-likeness (QED) is 0.867. The van der Waals surface area contributed by atoms with E-state index in [0.717, 1.165) is 38.1 Å². The van der Waals surface area contributed by atoms with Crippen LogP contribution in [0, 0.1) is 6.92 Å². The van der Waals surface area contributed by atoms with Gasteiger partial charge in [-0.1, -0.05) is 0 Å². The van der Waals surface area contributed by atoms with Crippen LogP contribution in [-0.4, -0.2) is 46.6 Å². The molecule has 20 heavy (non-hydrogen) atoms. The molecular formula is C14H19ClN4O. The van der Waals surface area contributed by atoms with Crippen LogP contribution in [-0.2, 0) is 0 Å². The van der Waals surface area contributed by atoms with E-state index in [-0.39, 0.29) is 18.3 Å². The van der Waals surface area contributed by atoms with E-state index in [2.05, 4.69) is 10.4 Å². The van der Waals surface area contributed by atoms with E-state index in [1.54, 1.807) is 4.52 Å². The Kier molecular flexibility index (Phi) is 4.62. The second-order valence-electron chi connectivity index (χ2n) is 5.00. The van der Waals surface area contributed by atoms with E-state index in [1.165, 1.54) is 5.56 Å². The van der Waals surface area contributed by atoms with Crippen LogP contribution in [0.25, 0.3) is 5.52 Å². The number of amides is 1. The molecule has 2 aromatic heterocycles. The standard InChI is InChI=1S/C14H18N4O.ClH/c1-11-3-7-18-12(9-11)10-13(16-18)14(19)17-6-2-4-15-5-8-17;/h3,7,9-10,15H,2,4-6,8H2,1H3;1H. The van der Waals surface area contributed by atoms with Gasteiger partial charge in [0, 0.05) is 25.8 Å². The summed E-state index contributed by atoms with van der Waals surface area (Å²) in [4.78, 5) is 14.3. The topological polar surface area (TPSA) is 49.6 Å². The maximum atomic E-state index is 12.4. The molecule has 3 rings (SSSR count). The fourth-order valence-electron chi connectivity index (χ4n) is 2.42. The van der Waals surface area contributed by atoms with Crippen molar-refractivity contribution >= 4 is 23.8 Å². The molecule has 0 saturated carbocycles. The summed E-state index contributed by atoms with van der Waals surface area (Å²) in [7, 11) is 0. The zero-order chi connectivity index (χ0) is 13.2. The Morgan fingerprint density at radius 3 is 3.00 bits per heavy atom. The van der Waals surface area contributed by atoms with E-state index in [0.29, 0.717) is 5.69 Å². The van der Waals surface area contributed by atoms with Gasteiger partial charge in [0.25, 0.3) is 5.91 Å². The minimum atomic E-state index is 0. The first-order chi connectivity index (χ1) is 9.24. The summed E-state index contributed by atoms with van der Waals surface area (Å²) in [5, 5.41) is 7.66. The van der Waals surface area contributed by atoms with Gasteiger partial charge in [-0.25, -0.2) is 4.52 Å². The average molecular weight is 295 g/mol. The van der Waals surface area contributed by atoms with Gasteiger partial charge in [0.2, 0.25) is 0 Å². The molecule has 6 heteroatoms. The van der Waals surface area contributed by atoms with Crippen molar-refractivity contribution in [1.29, 1.82) is 0 Å². The number of nitrogens with zero attached hydrogens (tertiary/aromatic N) is 3. The number of hydrogen-bond donors (Lipinski definition) is 1. The molecule has 0 atom stereocenters. The third-order valence-electron chi connectivity index (χ3n) is 3.47. The monoisotopic (exact) mass is 294 g/mol. The van der Waals surface area contributed by atoms with Crippen molar-refractivity contribution < 1.29 is 4.79 Å². The predicted molar refractivity (Wildman–Crippen MR) is 80.6 cm³/mol. The van der Waals surface area contributed by atoms with E-state index in [9.17, 15) is 4.79 Å². The van der Waals surface area contributed by atoms with Crippen molar-refractivity contribution in [2.24, 2.45) is 0 Å². The van der Waals surface area contributed by atoms with Gasteiger partial charge in [-0.05, 0) is 43.7 Å². The van der Waals surface area contributed by atoms with Crippen LogP contribution in [0.4, 0.5) is 0 Å². The maximum Gasteiger partial charge on any atom is 0.274 e. The lowest BCUT2D eigenvalue weighted by molar-refractivity contribution is 0.0760. The van der Waals surface area contributed by atoms with Gasteiger partial charge in [-0.15, -0.1) is 12.4 Å². The number of fused-ring (bicyclic) bond motifs is 1. The summed E-state index contributed by atoms with van der Waals surface area (Å²) in [5.74, 6) is 0.0325. The van der Waals surface area contributed by atoms with Crippen LogP contribution < -0.4 is 5.32 Å². The highest BCUT2D eigenvalue weighted by Gasteiger charge is 2.19. The number of rotatable bonds is 1. The molecule has 1 aliphatic heterocycles. The molecular weight excluding hydrogens is 276 g/mol. The highest BCUT2D eigenvalue weighted by molar-refractivity contribution is 5.93. The lowest BCUT2D eigenvalue weighted by Crippen LogP contribution is -2.34. The molecule has 1 aliphatic rings. The number of hydrogen-bond acceptors (Lipinski definition) is 3. The fraction of sp³-hybridized carbons (Fsp3) is 0.429. The number of carbonyl (C=O) groups is 1. The minimum Gasteiger partial charge on any atom is -0.336 e. The molecule has 0 spiro atoms. The molecule has 0 unspecified atom stereocenters. The molecule has 0 aromatic carbocycles. The second-order valence-corrected chi connectivity index (χ2v) is 5.00. The molecule has 2 aromatic rings. The normalized spacial score (nSPS) is 15.8. The summed E-state index contributed by atoms with van der Waals surface area (Å²) >= 11 is 0. The van der Waals surface area contributed by atoms with Crippen LogP contribution in [0.2, 0.25) is 0 Å². The molecule has 0 bridgehead atoms. The van der Waals surface area contributed by atoms with E-state index >= 15 is 0 Å². The van der Waals surface area contributed by atoms with Crippen molar-refractivity contribution in [3.8, 4) is 0 Å². The highest BCUT2D eigenvalue weighted by atomic mass is 35.5. The first kappa shape index (κ1) is 14.8. The van der Waals surface area contributed by atoms with Crippen LogP contribution in [0.15, 0.2) is 24.4 Å². The van der Waals surface area contributed by atoms with Crippen LogP contribution in [0.3, 0.4) is 0 Å². The Morgan fingerprint density at radius 2 is 2.15 bits per heavy atom. The molecule has 3 heterocycles. The van der Waals surface area contributed by atoms with Gasteiger partial charge < -0.3 is 10.2 Å². The molecule has 1 N–H and O–H groups in total. The Balaban J connectivity index is 0.00000147. The Labute approximate surface area is 124 Å². The first-order valence-electron chi connectivity index (χ1n) is 6.70. The van der Waals surface area contributed by atoms with E-state index in [4.69, 9.17) is 0 Å². The van der Waals surface area contributed by atoms with Crippen molar-refractivity contribution in [3.05, 3.63) is 35.7 Å². The summed E-state index contributed by atoms with van der Waals surface area (Å²) in [6.07, 6.45) is 2.89. The predicted octanol–water partition coefficient (Wildman–Crippen LogP) is 1.50. The zero-order valence-electron chi connectivity index (χ0n) is 11.5. The van der Waals surface area contributed by atoms with Gasteiger partial charge in [-0.2, -0.15) is 5.10 Å². The van der Waals surface area contributed by atoms with Crippen molar-refractivity contribution in [3.63, 3.8) is 0 Å². The number of carbonyl (C=O) groups excluding carboxylic acids is 1.